The number of hydrogen-bond acceptors (Lipinski definition) is 3. The average molecular weight is 292 g/mol. The standard InChI is InChI=1S/C8H10ClN5O3S/c9-5-2-1-4(3-6(5)18(15,16)17)13-8(12)14-7(10)11/h1-3H,(H,15,16,17)(H6,10,11,12,13,14). The Bertz CT molecular complexity index is 622. The molecule has 8 nitrogen and oxygen atoms in total. The molecule has 0 radical (unpaired) electrons. The van der Waals surface area contributed by atoms with Crippen LogP contribution in [0.2, 0.25) is 5.02 Å². The molecule has 0 aromatic heterocycles. The summed E-state index contributed by atoms with van der Waals surface area (Å²) in [7, 11) is -4.44. The zero-order valence-corrected chi connectivity index (χ0v) is 10.5. The Kier molecular flexibility index (Phi) is 4.11. The first-order valence-corrected chi connectivity index (χ1v) is 6.23. The summed E-state index contributed by atoms with van der Waals surface area (Å²) in [6.07, 6.45) is 0. The van der Waals surface area contributed by atoms with Crippen molar-refractivity contribution in [3.05, 3.63) is 23.2 Å². The lowest BCUT2D eigenvalue weighted by atomic mass is 10.3. The number of guanidine groups is 2. The lowest BCUT2D eigenvalue weighted by molar-refractivity contribution is 0.483. The van der Waals surface area contributed by atoms with Crippen molar-refractivity contribution in [2.24, 2.45) is 27.2 Å². The molecule has 0 heterocycles. The van der Waals surface area contributed by atoms with Gasteiger partial charge in [-0.1, -0.05) is 11.6 Å². The molecule has 0 aliphatic rings. The van der Waals surface area contributed by atoms with Crippen LogP contribution in [0, 0.1) is 0 Å². The second kappa shape index (κ2) is 5.21. The Morgan fingerprint density at radius 1 is 1.28 bits per heavy atom. The van der Waals surface area contributed by atoms with Gasteiger partial charge in [0.2, 0.25) is 5.96 Å². The van der Waals surface area contributed by atoms with E-state index in [2.05, 4.69) is 9.98 Å². The molecule has 7 N–H and O–H groups in total. The summed E-state index contributed by atoms with van der Waals surface area (Å²) in [6, 6.07) is 3.66. The average Bonchev–Trinajstić information content (AvgIpc) is 2.17. The van der Waals surface area contributed by atoms with Gasteiger partial charge in [0.15, 0.2) is 5.96 Å². The third kappa shape index (κ3) is 3.87. The van der Waals surface area contributed by atoms with Crippen molar-refractivity contribution in [2.45, 2.75) is 4.90 Å². The number of rotatable bonds is 2. The van der Waals surface area contributed by atoms with E-state index in [0.717, 1.165) is 6.07 Å². The van der Waals surface area contributed by atoms with E-state index < -0.39 is 15.0 Å². The smallest absolute Gasteiger partial charge is 0.296 e. The van der Waals surface area contributed by atoms with Crippen molar-refractivity contribution in [3.63, 3.8) is 0 Å². The van der Waals surface area contributed by atoms with Crippen molar-refractivity contribution in [2.75, 3.05) is 0 Å². The Balaban J connectivity index is 3.27. The maximum atomic E-state index is 11.0. The van der Waals surface area contributed by atoms with Crippen molar-refractivity contribution >= 4 is 39.3 Å². The molecule has 18 heavy (non-hydrogen) atoms. The lowest BCUT2D eigenvalue weighted by Gasteiger charge is -2.02. The molecule has 98 valence electrons. The van der Waals surface area contributed by atoms with E-state index in [9.17, 15) is 8.42 Å². The normalized spacial score (nSPS) is 12.2. The zero-order chi connectivity index (χ0) is 13.9. The van der Waals surface area contributed by atoms with Crippen LogP contribution in [-0.4, -0.2) is 24.9 Å². The first-order chi connectivity index (χ1) is 8.20. The van der Waals surface area contributed by atoms with Crippen molar-refractivity contribution < 1.29 is 13.0 Å². The van der Waals surface area contributed by atoms with Crippen LogP contribution in [0.25, 0.3) is 0 Å². The highest BCUT2D eigenvalue weighted by Gasteiger charge is 2.14. The maximum absolute atomic E-state index is 11.0. The SMILES string of the molecule is NC(N)=NC(N)=Nc1ccc(Cl)c(S(=O)(=O)O)c1. The highest BCUT2D eigenvalue weighted by Crippen LogP contribution is 2.26. The number of nitrogens with zero attached hydrogens (tertiary/aromatic N) is 2. The van der Waals surface area contributed by atoms with Gasteiger partial charge in [-0.25, -0.2) is 4.99 Å². The van der Waals surface area contributed by atoms with E-state index in [0.29, 0.717) is 0 Å². The number of benzene rings is 1. The van der Waals surface area contributed by atoms with E-state index in [1.807, 2.05) is 0 Å². The summed E-state index contributed by atoms with van der Waals surface area (Å²) in [6.45, 7) is 0. The molecule has 0 spiro atoms. The molecule has 1 rings (SSSR count). The van der Waals surface area contributed by atoms with E-state index in [1.165, 1.54) is 12.1 Å². The van der Waals surface area contributed by atoms with Crippen LogP contribution in [0.3, 0.4) is 0 Å². The summed E-state index contributed by atoms with van der Waals surface area (Å²) >= 11 is 5.62. The Labute approximate surface area is 108 Å². The third-order valence-corrected chi connectivity index (χ3v) is 3.02. The predicted octanol–water partition coefficient (Wildman–Crippen LogP) is -0.194. The first kappa shape index (κ1) is 14.2. The van der Waals surface area contributed by atoms with Crippen LogP contribution in [0.1, 0.15) is 0 Å². The Morgan fingerprint density at radius 3 is 2.39 bits per heavy atom. The second-order valence-corrected chi connectivity index (χ2v) is 4.89. The fraction of sp³-hybridized carbons (Fsp3) is 0. The molecule has 0 amide bonds. The predicted molar refractivity (Wildman–Crippen MR) is 68.4 cm³/mol. The minimum absolute atomic E-state index is 0.120. The van der Waals surface area contributed by atoms with Gasteiger partial charge in [-0.2, -0.15) is 13.4 Å². The van der Waals surface area contributed by atoms with Gasteiger partial charge in [0.25, 0.3) is 10.1 Å². The Hall–Kier alpha value is -1.84. The van der Waals surface area contributed by atoms with Gasteiger partial charge >= 0.3 is 0 Å². The lowest BCUT2D eigenvalue weighted by Crippen LogP contribution is -2.26. The minimum Gasteiger partial charge on any atom is -0.370 e. The minimum atomic E-state index is -4.44. The fourth-order valence-corrected chi connectivity index (χ4v) is 2.04. The number of hydrogen-bond donors (Lipinski definition) is 4. The summed E-state index contributed by atoms with van der Waals surface area (Å²) < 4.78 is 30.9. The van der Waals surface area contributed by atoms with Crippen LogP contribution < -0.4 is 17.2 Å². The van der Waals surface area contributed by atoms with E-state index >= 15 is 0 Å². The molecule has 1 aromatic carbocycles. The van der Waals surface area contributed by atoms with Gasteiger partial charge in [-0.15, -0.1) is 0 Å². The van der Waals surface area contributed by atoms with Gasteiger partial charge in [-0.05, 0) is 18.2 Å². The molecule has 1 aromatic rings. The van der Waals surface area contributed by atoms with Crippen LogP contribution in [0.15, 0.2) is 33.1 Å². The number of nitrogens with two attached hydrogens (primary N) is 3. The highest BCUT2D eigenvalue weighted by molar-refractivity contribution is 7.86. The van der Waals surface area contributed by atoms with Crippen molar-refractivity contribution in [3.8, 4) is 0 Å². The highest BCUT2D eigenvalue weighted by atomic mass is 35.5. The summed E-state index contributed by atoms with van der Waals surface area (Å²) in [4.78, 5) is 6.69. The van der Waals surface area contributed by atoms with Crippen LogP contribution in [-0.2, 0) is 10.1 Å². The maximum Gasteiger partial charge on any atom is 0.296 e. The molecule has 0 aliphatic carbocycles. The topological polar surface area (TPSA) is 157 Å². The molecular formula is C8H10ClN5O3S. The molecule has 10 heteroatoms. The fourth-order valence-electron chi connectivity index (χ4n) is 1.05. The monoisotopic (exact) mass is 291 g/mol. The van der Waals surface area contributed by atoms with E-state index in [1.54, 1.807) is 0 Å². The quantitative estimate of drug-likeness (QED) is 0.336. The Morgan fingerprint density at radius 2 is 1.89 bits per heavy atom. The van der Waals surface area contributed by atoms with E-state index in [-0.39, 0.29) is 22.6 Å². The third-order valence-electron chi connectivity index (χ3n) is 1.68. The zero-order valence-electron chi connectivity index (χ0n) is 8.91. The van der Waals surface area contributed by atoms with Crippen LogP contribution >= 0.6 is 11.6 Å². The first-order valence-electron chi connectivity index (χ1n) is 4.41. The summed E-state index contributed by atoms with van der Waals surface area (Å²) in [5, 5.41) is -0.142. The van der Waals surface area contributed by atoms with Crippen LogP contribution in [0.4, 0.5) is 5.69 Å². The molecule has 0 bridgehead atoms. The van der Waals surface area contributed by atoms with E-state index in [4.69, 9.17) is 33.4 Å². The second-order valence-electron chi connectivity index (χ2n) is 3.10. The van der Waals surface area contributed by atoms with Crippen molar-refractivity contribution in [1.29, 1.82) is 0 Å². The summed E-state index contributed by atoms with van der Waals surface area (Å²) in [5.41, 5.74) is 15.6. The molecule has 0 aliphatic heterocycles. The van der Waals surface area contributed by atoms with Gasteiger partial charge in [0, 0.05) is 0 Å². The van der Waals surface area contributed by atoms with Crippen LogP contribution in [0.5, 0.6) is 0 Å². The van der Waals surface area contributed by atoms with Crippen molar-refractivity contribution in [1.82, 2.24) is 0 Å². The molecule has 0 saturated heterocycles. The molecule has 0 atom stereocenters. The van der Waals surface area contributed by atoms with Gasteiger partial charge in [0.05, 0.1) is 10.7 Å². The summed E-state index contributed by atoms with van der Waals surface area (Å²) in [5.74, 6) is -0.557. The molecule has 0 fully saturated rings. The number of halogens is 1. The molecule has 0 unspecified atom stereocenters. The molecular weight excluding hydrogens is 282 g/mol. The van der Waals surface area contributed by atoms with Gasteiger partial charge in [0.1, 0.15) is 4.90 Å². The van der Waals surface area contributed by atoms with Gasteiger partial charge in [-0.3, -0.25) is 4.55 Å². The number of aliphatic imine (C=N–C) groups is 2. The molecule has 0 saturated carbocycles. The van der Waals surface area contributed by atoms with Gasteiger partial charge < -0.3 is 17.2 Å². The largest absolute Gasteiger partial charge is 0.370 e.